The van der Waals surface area contributed by atoms with Crippen LogP contribution in [0.5, 0.6) is 0 Å². The van der Waals surface area contributed by atoms with Gasteiger partial charge in [-0.3, -0.25) is 0 Å². The van der Waals surface area contributed by atoms with Crippen molar-refractivity contribution in [1.82, 2.24) is 0 Å². The first-order valence-electron chi connectivity index (χ1n) is 5.18. The number of hydrogen-bond donors (Lipinski definition) is 1. The summed E-state index contributed by atoms with van der Waals surface area (Å²) in [6.07, 6.45) is 0.444. The third kappa shape index (κ3) is 2.48. The second-order valence-corrected chi connectivity index (χ2v) is 3.53. The molecule has 78 valence electrons. The van der Waals surface area contributed by atoms with Crippen molar-refractivity contribution in [3.05, 3.63) is 29.8 Å². The number of anilines is 1. The minimum absolute atomic E-state index is 0.323. The third-order valence-corrected chi connectivity index (χ3v) is 2.58. The van der Waals surface area contributed by atoms with Crippen LogP contribution in [0.1, 0.15) is 31.9 Å². The Balaban J connectivity index is 2.78. The Hall–Kier alpha value is -1.02. The lowest BCUT2D eigenvalue weighted by atomic mass is 10.1. The molecule has 1 N–H and O–H groups in total. The summed E-state index contributed by atoms with van der Waals surface area (Å²) in [5.41, 5.74) is 2.19. The van der Waals surface area contributed by atoms with Crippen LogP contribution < -0.4 is 4.90 Å². The molecule has 0 saturated heterocycles. The molecule has 2 nitrogen and oxygen atoms in total. The van der Waals surface area contributed by atoms with Crippen molar-refractivity contribution in [2.75, 3.05) is 18.5 Å². The second-order valence-electron chi connectivity index (χ2n) is 3.53. The molecule has 14 heavy (non-hydrogen) atoms. The van der Waals surface area contributed by atoms with E-state index in [0.717, 1.165) is 18.5 Å². The maximum atomic E-state index is 9.60. The molecule has 0 saturated carbocycles. The largest absolute Gasteiger partial charge is 0.388 e. The van der Waals surface area contributed by atoms with Crippen LogP contribution in [-0.4, -0.2) is 18.7 Å². The van der Waals surface area contributed by atoms with Crippen molar-refractivity contribution in [3.8, 4) is 0 Å². The Labute approximate surface area is 86.2 Å². The number of aliphatic hydroxyl groups excluding tert-OH is 1. The average molecular weight is 193 g/mol. The van der Waals surface area contributed by atoms with E-state index in [1.807, 2.05) is 19.1 Å². The van der Waals surface area contributed by atoms with E-state index in [4.69, 9.17) is 0 Å². The fourth-order valence-electron chi connectivity index (χ4n) is 1.37. The van der Waals surface area contributed by atoms with E-state index < -0.39 is 0 Å². The lowest BCUT2D eigenvalue weighted by Crippen LogP contribution is -2.15. The van der Waals surface area contributed by atoms with Crippen molar-refractivity contribution in [1.29, 1.82) is 0 Å². The maximum Gasteiger partial charge on any atom is 0.0787 e. The monoisotopic (exact) mass is 193 g/mol. The molecule has 0 aliphatic carbocycles. The fraction of sp³-hybridized carbons (Fsp3) is 0.500. The molecule has 0 fully saturated rings. The number of rotatable bonds is 4. The molecule has 1 atom stereocenters. The van der Waals surface area contributed by atoms with Crippen LogP contribution in [0.25, 0.3) is 0 Å². The molecule has 0 bridgehead atoms. The zero-order valence-electron chi connectivity index (χ0n) is 9.20. The Morgan fingerprint density at radius 1 is 1.21 bits per heavy atom. The van der Waals surface area contributed by atoms with Gasteiger partial charge in [0.1, 0.15) is 0 Å². The van der Waals surface area contributed by atoms with Gasteiger partial charge in [0, 0.05) is 19.3 Å². The van der Waals surface area contributed by atoms with Crippen LogP contribution in [0.3, 0.4) is 0 Å². The molecule has 0 spiro atoms. The van der Waals surface area contributed by atoms with Crippen molar-refractivity contribution >= 4 is 5.69 Å². The second kappa shape index (κ2) is 5.01. The van der Waals surface area contributed by atoms with Crippen molar-refractivity contribution in [2.24, 2.45) is 0 Å². The number of benzene rings is 1. The van der Waals surface area contributed by atoms with Gasteiger partial charge >= 0.3 is 0 Å². The van der Waals surface area contributed by atoms with Gasteiger partial charge in [-0.15, -0.1) is 0 Å². The number of aliphatic hydroxyl groups is 1. The molecular weight excluding hydrogens is 174 g/mol. The van der Waals surface area contributed by atoms with E-state index in [1.165, 1.54) is 5.69 Å². The van der Waals surface area contributed by atoms with Gasteiger partial charge in [-0.1, -0.05) is 19.1 Å². The molecule has 0 aromatic heterocycles. The Morgan fingerprint density at radius 2 is 1.79 bits per heavy atom. The number of nitrogens with zero attached hydrogens (tertiary/aromatic N) is 1. The van der Waals surface area contributed by atoms with Gasteiger partial charge in [0.25, 0.3) is 0 Å². The highest BCUT2D eigenvalue weighted by Crippen LogP contribution is 2.20. The summed E-state index contributed by atoms with van der Waals surface area (Å²) in [4.78, 5) is 2.17. The van der Waals surface area contributed by atoms with Gasteiger partial charge in [0.05, 0.1) is 6.10 Å². The van der Waals surface area contributed by atoms with Gasteiger partial charge in [0.15, 0.2) is 0 Å². The highest BCUT2D eigenvalue weighted by atomic mass is 16.3. The highest BCUT2D eigenvalue weighted by Gasteiger charge is 2.04. The zero-order valence-corrected chi connectivity index (χ0v) is 9.20. The lowest BCUT2D eigenvalue weighted by Gasteiger charge is -2.17. The molecule has 0 amide bonds. The summed E-state index contributed by atoms with van der Waals surface area (Å²) in [6.45, 7) is 5.10. The van der Waals surface area contributed by atoms with E-state index >= 15 is 0 Å². The minimum atomic E-state index is -0.323. The van der Waals surface area contributed by atoms with Crippen molar-refractivity contribution < 1.29 is 5.11 Å². The van der Waals surface area contributed by atoms with Gasteiger partial charge in [0.2, 0.25) is 0 Å². The lowest BCUT2D eigenvalue weighted by molar-refractivity contribution is 0.173. The molecule has 0 aliphatic heterocycles. The first-order valence-corrected chi connectivity index (χ1v) is 5.18. The van der Waals surface area contributed by atoms with Crippen LogP contribution in [-0.2, 0) is 0 Å². The van der Waals surface area contributed by atoms with Gasteiger partial charge in [-0.05, 0) is 31.0 Å². The SMILES string of the molecule is CC[C@@H](O)c1ccc(N(C)CC)cc1. The van der Waals surface area contributed by atoms with Gasteiger partial charge < -0.3 is 10.0 Å². The summed E-state index contributed by atoms with van der Waals surface area (Å²) in [7, 11) is 2.06. The minimum Gasteiger partial charge on any atom is -0.388 e. The predicted molar refractivity (Wildman–Crippen MR) is 60.6 cm³/mol. The zero-order chi connectivity index (χ0) is 10.6. The Kier molecular flexibility index (Phi) is 3.96. The van der Waals surface area contributed by atoms with Gasteiger partial charge in [-0.2, -0.15) is 0 Å². The molecule has 0 aliphatic rings. The maximum absolute atomic E-state index is 9.60. The van der Waals surface area contributed by atoms with Crippen LogP contribution in [0.2, 0.25) is 0 Å². The topological polar surface area (TPSA) is 23.5 Å². The average Bonchev–Trinajstić information content (AvgIpc) is 2.27. The van der Waals surface area contributed by atoms with E-state index in [1.54, 1.807) is 0 Å². The van der Waals surface area contributed by atoms with Gasteiger partial charge in [-0.25, -0.2) is 0 Å². The summed E-state index contributed by atoms with van der Waals surface area (Å²) in [5.74, 6) is 0. The molecule has 0 radical (unpaired) electrons. The molecular formula is C12H19NO. The van der Waals surface area contributed by atoms with E-state index in [-0.39, 0.29) is 6.10 Å². The summed E-state index contributed by atoms with van der Waals surface area (Å²) < 4.78 is 0. The van der Waals surface area contributed by atoms with Crippen LogP contribution >= 0.6 is 0 Å². The predicted octanol–water partition coefficient (Wildman–Crippen LogP) is 2.59. The Morgan fingerprint density at radius 3 is 2.21 bits per heavy atom. The highest BCUT2D eigenvalue weighted by molar-refractivity contribution is 5.46. The van der Waals surface area contributed by atoms with Crippen LogP contribution in [0, 0.1) is 0 Å². The Bertz CT molecular complexity index is 239. The first kappa shape index (κ1) is 11.1. The molecule has 0 heterocycles. The summed E-state index contributed by atoms with van der Waals surface area (Å²) in [6, 6.07) is 8.10. The first-order chi connectivity index (χ1) is 6.69. The quantitative estimate of drug-likeness (QED) is 0.794. The third-order valence-electron chi connectivity index (χ3n) is 2.58. The normalized spacial score (nSPS) is 12.6. The smallest absolute Gasteiger partial charge is 0.0787 e. The summed E-state index contributed by atoms with van der Waals surface area (Å²) >= 11 is 0. The molecule has 1 rings (SSSR count). The van der Waals surface area contributed by atoms with Crippen molar-refractivity contribution in [3.63, 3.8) is 0 Å². The summed E-state index contributed by atoms with van der Waals surface area (Å²) in [5, 5.41) is 9.60. The van der Waals surface area contributed by atoms with Crippen LogP contribution in [0.4, 0.5) is 5.69 Å². The molecule has 0 unspecified atom stereocenters. The molecule has 2 heteroatoms. The van der Waals surface area contributed by atoms with E-state index in [9.17, 15) is 5.11 Å². The van der Waals surface area contributed by atoms with E-state index in [2.05, 4.69) is 31.0 Å². The molecule has 1 aromatic rings. The standard InChI is InChI=1S/C12H19NO/c1-4-12(14)10-6-8-11(9-7-10)13(3)5-2/h6-9,12,14H,4-5H2,1-3H3/t12-/m1/s1. The fourth-order valence-corrected chi connectivity index (χ4v) is 1.37. The number of hydrogen-bond acceptors (Lipinski definition) is 2. The van der Waals surface area contributed by atoms with E-state index in [0.29, 0.717) is 0 Å². The van der Waals surface area contributed by atoms with Crippen LogP contribution in [0.15, 0.2) is 24.3 Å². The molecule has 1 aromatic carbocycles. The van der Waals surface area contributed by atoms with Crippen molar-refractivity contribution in [2.45, 2.75) is 26.4 Å².